The number of nitrogens with zero attached hydrogens (tertiary/aromatic N) is 1. The second kappa shape index (κ2) is 5.16. The highest BCUT2D eigenvalue weighted by Crippen LogP contribution is 2.31. The van der Waals surface area contributed by atoms with Crippen molar-refractivity contribution in [2.24, 2.45) is 0 Å². The van der Waals surface area contributed by atoms with Crippen LogP contribution >= 0.6 is 0 Å². The van der Waals surface area contributed by atoms with Crippen molar-refractivity contribution in [1.29, 1.82) is 0 Å². The van der Waals surface area contributed by atoms with E-state index in [4.69, 9.17) is 4.74 Å². The van der Waals surface area contributed by atoms with Crippen LogP contribution in [-0.4, -0.2) is 24.8 Å². The molecule has 2 rings (SSSR count). The molecule has 4 nitrogen and oxygen atoms in total. The first kappa shape index (κ1) is 12.5. The summed E-state index contributed by atoms with van der Waals surface area (Å²) in [5.41, 5.74) is 0.459. The first-order valence-electron chi connectivity index (χ1n) is 5.86. The molecule has 0 aromatic heterocycles. The number of hydrogen-bond acceptors (Lipinski definition) is 3. The first-order chi connectivity index (χ1) is 8.61. The number of carbonyl (C=O) groups is 2. The van der Waals surface area contributed by atoms with E-state index in [1.165, 1.54) is 23.1 Å². The first-order valence-corrected chi connectivity index (χ1v) is 5.86. The Balaban J connectivity index is 2.31. The lowest BCUT2D eigenvalue weighted by Gasteiger charge is -2.19. The van der Waals surface area contributed by atoms with Crippen LogP contribution in [0, 0.1) is 5.82 Å². The number of ketones is 1. The maximum Gasteiger partial charge on any atom is 0.235 e. The van der Waals surface area contributed by atoms with Crippen LogP contribution in [0.25, 0.3) is 0 Å². The predicted molar refractivity (Wildman–Crippen MR) is 64.2 cm³/mol. The molecule has 1 aromatic carbocycles. The van der Waals surface area contributed by atoms with Gasteiger partial charge in [-0.25, -0.2) is 4.39 Å². The highest BCUT2D eigenvalue weighted by atomic mass is 19.1. The van der Waals surface area contributed by atoms with E-state index in [-0.39, 0.29) is 24.7 Å². The minimum atomic E-state index is -0.428. The average Bonchev–Trinajstić information content (AvgIpc) is 2.66. The van der Waals surface area contributed by atoms with Gasteiger partial charge in [-0.15, -0.1) is 0 Å². The molecule has 18 heavy (non-hydrogen) atoms. The van der Waals surface area contributed by atoms with Crippen molar-refractivity contribution in [1.82, 2.24) is 0 Å². The Labute approximate surface area is 104 Å². The Morgan fingerprint density at radius 2 is 2.17 bits per heavy atom. The normalized spacial score (nSPS) is 15.3. The Hall–Kier alpha value is -1.91. The molecule has 1 aromatic rings. The summed E-state index contributed by atoms with van der Waals surface area (Å²) in [6, 6.07) is 3.96. The lowest BCUT2D eigenvalue weighted by molar-refractivity contribution is -0.121. The van der Waals surface area contributed by atoms with Crippen LogP contribution in [0.15, 0.2) is 18.2 Å². The van der Waals surface area contributed by atoms with Gasteiger partial charge in [0.15, 0.2) is 5.78 Å². The number of carbonyl (C=O) groups excluding carboxylic acids is 2. The van der Waals surface area contributed by atoms with Gasteiger partial charge in [0.25, 0.3) is 0 Å². The fourth-order valence-electron chi connectivity index (χ4n) is 1.84. The lowest BCUT2D eigenvalue weighted by atomic mass is 10.2. The number of Topliss-reactive ketones (excluding diaryl/α,β-unsaturated/α-hetero) is 1. The molecule has 0 spiro atoms. The van der Waals surface area contributed by atoms with Gasteiger partial charge in [0.2, 0.25) is 5.91 Å². The highest BCUT2D eigenvalue weighted by Gasteiger charge is 2.30. The maximum atomic E-state index is 13.2. The Kier molecular flexibility index (Phi) is 3.60. The lowest BCUT2D eigenvalue weighted by Crippen LogP contribution is -2.25. The molecule has 0 radical (unpaired) electrons. The minimum absolute atomic E-state index is 0.0347. The number of ether oxygens (including phenoxy) is 1. The van der Waals surface area contributed by atoms with E-state index in [1.807, 2.05) is 6.92 Å². The summed E-state index contributed by atoms with van der Waals surface area (Å²) in [7, 11) is 0. The molecule has 0 aliphatic carbocycles. The van der Waals surface area contributed by atoms with Crippen molar-refractivity contribution < 1.29 is 18.7 Å². The third kappa shape index (κ3) is 2.50. The fraction of sp³-hybridized carbons (Fsp3) is 0.385. The molecule has 5 heteroatoms. The van der Waals surface area contributed by atoms with Crippen molar-refractivity contribution in [2.75, 3.05) is 18.1 Å². The number of anilines is 1. The molecule has 1 aliphatic heterocycles. The summed E-state index contributed by atoms with van der Waals surface area (Å²) >= 11 is 0. The zero-order valence-electron chi connectivity index (χ0n) is 10.1. The van der Waals surface area contributed by atoms with E-state index >= 15 is 0 Å². The SMILES string of the molecule is CCCOc1cc(F)ccc1N1CC(=O)CC1=O. The molecular weight excluding hydrogens is 237 g/mol. The third-order valence-corrected chi connectivity index (χ3v) is 2.66. The Morgan fingerprint density at radius 1 is 1.39 bits per heavy atom. The summed E-state index contributed by atoms with van der Waals surface area (Å²) in [4.78, 5) is 24.2. The molecule has 96 valence electrons. The van der Waals surface area contributed by atoms with Crippen LogP contribution in [-0.2, 0) is 9.59 Å². The Morgan fingerprint density at radius 3 is 2.78 bits per heavy atom. The van der Waals surface area contributed by atoms with Gasteiger partial charge < -0.3 is 9.64 Å². The smallest absolute Gasteiger partial charge is 0.235 e. The number of benzene rings is 1. The van der Waals surface area contributed by atoms with Crippen molar-refractivity contribution >= 4 is 17.4 Å². The molecule has 0 unspecified atom stereocenters. The van der Waals surface area contributed by atoms with Gasteiger partial charge in [-0.3, -0.25) is 9.59 Å². The quantitative estimate of drug-likeness (QED) is 0.768. The van der Waals surface area contributed by atoms with E-state index in [9.17, 15) is 14.0 Å². The van der Waals surface area contributed by atoms with E-state index in [1.54, 1.807) is 0 Å². The van der Waals surface area contributed by atoms with E-state index in [0.29, 0.717) is 18.0 Å². The summed E-state index contributed by atoms with van der Waals surface area (Å²) in [5.74, 6) is -0.526. The second-order valence-corrected chi connectivity index (χ2v) is 4.16. The van der Waals surface area contributed by atoms with Crippen molar-refractivity contribution in [3.8, 4) is 5.75 Å². The van der Waals surface area contributed by atoms with Crippen LogP contribution in [0.2, 0.25) is 0 Å². The van der Waals surface area contributed by atoms with Gasteiger partial charge >= 0.3 is 0 Å². The van der Waals surface area contributed by atoms with Crippen LogP contribution < -0.4 is 9.64 Å². The molecule has 1 fully saturated rings. The minimum Gasteiger partial charge on any atom is -0.491 e. The standard InChI is InChI=1S/C13H14FNO3/c1-2-5-18-12-6-9(14)3-4-11(12)15-8-10(16)7-13(15)17/h3-4,6H,2,5,7-8H2,1H3. The van der Waals surface area contributed by atoms with Crippen molar-refractivity contribution in [3.63, 3.8) is 0 Å². The molecule has 1 saturated heterocycles. The summed E-state index contributed by atoms with van der Waals surface area (Å²) in [6.07, 6.45) is 0.688. The topological polar surface area (TPSA) is 46.6 Å². The van der Waals surface area contributed by atoms with Crippen molar-refractivity contribution in [3.05, 3.63) is 24.0 Å². The average molecular weight is 251 g/mol. The number of hydrogen-bond donors (Lipinski definition) is 0. The van der Waals surface area contributed by atoms with E-state index in [2.05, 4.69) is 0 Å². The summed E-state index contributed by atoms with van der Waals surface area (Å²) in [6.45, 7) is 2.41. The van der Waals surface area contributed by atoms with E-state index in [0.717, 1.165) is 6.42 Å². The molecule has 0 N–H and O–H groups in total. The number of halogens is 1. The molecule has 0 bridgehead atoms. The summed E-state index contributed by atoms with van der Waals surface area (Å²) < 4.78 is 18.6. The van der Waals surface area contributed by atoms with Crippen LogP contribution in [0.5, 0.6) is 5.75 Å². The van der Waals surface area contributed by atoms with Gasteiger partial charge in [0, 0.05) is 6.07 Å². The second-order valence-electron chi connectivity index (χ2n) is 4.16. The molecular formula is C13H14FNO3. The monoisotopic (exact) mass is 251 g/mol. The molecule has 1 aliphatic rings. The van der Waals surface area contributed by atoms with Crippen LogP contribution in [0.3, 0.4) is 0 Å². The maximum absolute atomic E-state index is 13.2. The molecule has 1 amide bonds. The zero-order chi connectivity index (χ0) is 13.1. The molecule has 0 saturated carbocycles. The van der Waals surface area contributed by atoms with Gasteiger partial charge in [-0.05, 0) is 18.6 Å². The predicted octanol–water partition coefficient (Wildman–Crippen LogP) is 1.92. The summed E-state index contributed by atoms with van der Waals surface area (Å²) in [5, 5.41) is 0. The third-order valence-electron chi connectivity index (χ3n) is 2.66. The van der Waals surface area contributed by atoms with Gasteiger partial charge in [-0.2, -0.15) is 0 Å². The van der Waals surface area contributed by atoms with Crippen LogP contribution in [0.4, 0.5) is 10.1 Å². The van der Waals surface area contributed by atoms with Crippen LogP contribution in [0.1, 0.15) is 19.8 Å². The number of amides is 1. The zero-order valence-corrected chi connectivity index (χ0v) is 10.1. The van der Waals surface area contributed by atoms with Gasteiger partial charge in [0.05, 0.1) is 25.3 Å². The molecule has 1 heterocycles. The van der Waals surface area contributed by atoms with E-state index < -0.39 is 5.82 Å². The fourth-order valence-corrected chi connectivity index (χ4v) is 1.84. The number of rotatable bonds is 4. The largest absolute Gasteiger partial charge is 0.491 e. The highest BCUT2D eigenvalue weighted by molar-refractivity contribution is 6.15. The van der Waals surface area contributed by atoms with Crippen molar-refractivity contribution in [2.45, 2.75) is 19.8 Å². The van der Waals surface area contributed by atoms with Gasteiger partial charge in [-0.1, -0.05) is 6.92 Å². The van der Waals surface area contributed by atoms with Gasteiger partial charge in [0.1, 0.15) is 11.6 Å². The molecule has 0 atom stereocenters. The Bertz CT molecular complexity index is 487.